The molecule has 27 heavy (non-hydrogen) atoms. The van der Waals surface area contributed by atoms with Gasteiger partial charge in [-0.05, 0) is 42.7 Å². The Morgan fingerprint density at radius 2 is 1.89 bits per heavy atom. The van der Waals surface area contributed by atoms with E-state index in [0.717, 1.165) is 31.2 Å². The number of hydrogen-bond donors (Lipinski definition) is 1. The highest BCUT2D eigenvalue weighted by molar-refractivity contribution is 5.93. The predicted molar refractivity (Wildman–Crippen MR) is 100 cm³/mol. The molecule has 1 aliphatic rings. The first-order chi connectivity index (χ1) is 13.1. The maximum absolute atomic E-state index is 13.3. The zero-order valence-electron chi connectivity index (χ0n) is 14.8. The zero-order valence-corrected chi connectivity index (χ0v) is 14.8. The van der Waals surface area contributed by atoms with Crippen LogP contribution in [0.25, 0.3) is 5.65 Å². The second kappa shape index (κ2) is 6.95. The molecule has 1 amide bonds. The van der Waals surface area contributed by atoms with Crippen LogP contribution in [0, 0.1) is 5.82 Å². The van der Waals surface area contributed by atoms with Gasteiger partial charge in [0.25, 0.3) is 11.5 Å². The van der Waals surface area contributed by atoms with E-state index in [4.69, 9.17) is 0 Å². The Bertz CT molecular complexity index is 1040. The molecular weight excluding hydrogens is 345 g/mol. The molecule has 0 spiro atoms. The van der Waals surface area contributed by atoms with Crippen LogP contribution >= 0.6 is 0 Å². The van der Waals surface area contributed by atoms with Gasteiger partial charge in [0.1, 0.15) is 17.0 Å². The molecule has 2 aromatic heterocycles. The van der Waals surface area contributed by atoms with Gasteiger partial charge in [0, 0.05) is 24.4 Å². The summed E-state index contributed by atoms with van der Waals surface area (Å²) in [6.07, 6.45) is 6.90. The maximum atomic E-state index is 13.3. The summed E-state index contributed by atoms with van der Waals surface area (Å²) < 4.78 is 14.7. The van der Waals surface area contributed by atoms with E-state index in [2.05, 4.69) is 10.3 Å². The number of fused-ring (bicyclic) bond motifs is 1. The van der Waals surface area contributed by atoms with Crippen molar-refractivity contribution >= 4 is 11.6 Å². The van der Waals surface area contributed by atoms with Gasteiger partial charge >= 0.3 is 0 Å². The molecule has 0 atom stereocenters. The lowest BCUT2D eigenvalue weighted by molar-refractivity contribution is 0.0941. The Morgan fingerprint density at radius 1 is 1.15 bits per heavy atom. The number of rotatable bonds is 4. The Kier molecular flexibility index (Phi) is 4.48. The molecule has 1 N–H and O–H groups in total. The summed E-state index contributed by atoms with van der Waals surface area (Å²) >= 11 is 0. The molecule has 0 unspecified atom stereocenters. The third kappa shape index (κ3) is 3.23. The molecule has 0 aliphatic heterocycles. The van der Waals surface area contributed by atoms with Gasteiger partial charge in [-0.1, -0.05) is 31.0 Å². The minimum Gasteiger partial charge on any atom is -0.351 e. The largest absolute Gasteiger partial charge is 0.351 e. The quantitative estimate of drug-likeness (QED) is 0.773. The van der Waals surface area contributed by atoms with Crippen molar-refractivity contribution in [1.82, 2.24) is 14.7 Å². The molecule has 5 nitrogen and oxygen atoms in total. The van der Waals surface area contributed by atoms with Crippen molar-refractivity contribution in [3.8, 4) is 0 Å². The number of pyridine rings is 1. The van der Waals surface area contributed by atoms with Gasteiger partial charge in [-0.25, -0.2) is 9.37 Å². The summed E-state index contributed by atoms with van der Waals surface area (Å²) in [7, 11) is 0. The van der Waals surface area contributed by atoms with Crippen molar-refractivity contribution < 1.29 is 9.18 Å². The average molecular weight is 365 g/mol. The van der Waals surface area contributed by atoms with Gasteiger partial charge in [0.05, 0.1) is 0 Å². The van der Waals surface area contributed by atoms with E-state index in [9.17, 15) is 14.0 Å². The number of amides is 1. The molecule has 1 aliphatic carbocycles. The fourth-order valence-electron chi connectivity index (χ4n) is 3.95. The van der Waals surface area contributed by atoms with Crippen LogP contribution < -0.4 is 10.9 Å². The number of carbonyl (C=O) groups is 1. The van der Waals surface area contributed by atoms with Gasteiger partial charge in [-0.15, -0.1) is 0 Å². The van der Waals surface area contributed by atoms with Crippen molar-refractivity contribution in [2.24, 2.45) is 0 Å². The molecule has 1 fully saturated rings. The Labute approximate surface area is 155 Å². The van der Waals surface area contributed by atoms with Crippen LogP contribution in [0.4, 0.5) is 4.39 Å². The van der Waals surface area contributed by atoms with Crippen LogP contribution in [0.2, 0.25) is 0 Å². The van der Waals surface area contributed by atoms with Crippen LogP contribution in [0.5, 0.6) is 0 Å². The molecule has 4 rings (SSSR count). The fourth-order valence-corrected chi connectivity index (χ4v) is 3.95. The van der Waals surface area contributed by atoms with Crippen molar-refractivity contribution in [2.45, 2.75) is 31.1 Å². The maximum Gasteiger partial charge on any atom is 0.270 e. The van der Waals surface area contributed by atoms with Crippen LogP contribution in [-0.4, -0.2) is 21.8 Å². The number of benzene rings is 1. The highest BCUT2D eigenvalue weighted by atomic mass is 19.1. The number of nitrogens with zero attached hydrogens (tertiary/aromatic N) is 2. The lowest BCUT2D eigenvalue weighted by Crippen LogP contribution is -2.41. The summed E-state index contributed by atoms with van der Waals surface area (Å²) in [5, 5.41) is 2.91. The van der Waals surface area contributed by atoms with E-state index in [1.807, 2.05) is 0 Å². The average Bonchev–Trinajstić information content (AvgIpc) is 3.17. The molecule has 6 heteroatoms. The standard InChI is InChI=1S/C21H20FN3O2/c22-16-8-6-15(7-9-16)21(10-2-3-11-21)14-24-19(26)17-13-23-18-5-1-4-12-25(18)20(17)27/h1,4-9,12-13H,2-3,10-11,14H2,(H,24,26). The van der Waals surface area contributed by atoms with Crippen molar-refractivity contribution in [1.29, 1.82) is 0 Å². The first-order valence-corrected chi connectivity index (χ1v) is 9.10. The molecule has 0 bridgehead atoms. The van der Waals surface area contributed by atoms with Gasteiger partial charge in [0.15, 0.2) is 0 Å². The Hall–Kier alpha value is -3.02. The number of hydrogen-bond acceptors (Lipinski definition) is 3. The number of nitrogens with one attached hydrogen (secondary N) is 1. The predicted octanol–water partition coefficient (Wildman–Crippen LogP) is 3.08. The Balaban J connectivity index is 1.58. The van der Waals surface area contributed by atoms with Gasteiger partial charge in [-0.3, -0.25) is 14.0 Å². The summed E-state index contributed by atoms with van der Waals surface area (Å²) in [4.78, 5) is 29.4. The number of halogens is 1. The lowest BCUT2D eigenvalue weighted by Gasteiger charge is -2.30. The highest BCUT2D eigenvalue weighted by Crippen LogP contribution is 2.40. The monoisotopic (exact) mass is 365 g/mol. The minimum absolute atomic E-state index is 0.0194. The third-order valence-corrected chi connectivity index (χ3v) is 5.46. The van der Waals surface area contributed by atoms with Crippen LogP contribution in [0.3, 0.4) is 0 Å². The number of aromatic nitrogens is 2. The molecule has 2 heterocycles. The van der Waals surface area contributed by atoms with Gasteiger partial charge in [-0.2, -0.15) is 0 Å². The van der Waals surface area contributed by atoms with Crippen LogP contribution in [0.1, 0.15) is 41.6 Å². The topological polar surface area (TPSA) is 63.5 Å². The first-order valence-electron chi connectivity index (χ1n) is 9.10. The summed E-state index contributed by atoms with van der Waals surface area (Å²) in [6.45, 7) is 0.411. The highest BCUT2D eigenvalue weighted by Gasteiger charge is 2.36. The van der Waals surface area contributed by atoms with Crippen molar-refractivity contribution in [3.05, 3.63) is 82.2 Å². The van der Waals surface area contributed by atoms with E-state index in [-0.39, 0.29) is 22.4 Å². The van der Waals surface area contributed by atoms with E-state index < -0.39 is 5.91 Å². The molecule has 1 aromatic carbocycles. The van der Waals surface area contributed by atoms with Crippen molar-refractivity contribution in [3.63, 3.8) is 0 Å². The smallest absolute Gasteiger partial charge is 0.270 e. The molecule has 138 valence electrons. The van der Waals surface area contributed by atoms with E-state index in [1.54, 1.807) is 36.5 Å². The molecule has 3 aromatic rings. The van der Waals surface area contributed by atoms with E-state index in [1.165, 1.54) is 22.7 Å². The van der Waals surface area contributed by atoms with Gasteiger partial charge in [0.2, 0.25) is 0 Å². The molecule has 0 saturated heterocycles. The second-order valence-electron chi connectivity index (χ2n) is 7.08. The third-order valence-electron chi connectivity index (χ3n) is 5.46. The normalized spacial score (nSPS) is 15.7. The summed E-state index contributed by atoms with van der Waals surface area (Å²) in [5.74, 6) is -0.703. The Morgan fingerprint density at radius 3 is 2.63 bits per heavy atom. The molecular formula is C21H20FN3O2. The first kappa shape index (κ1) is 17.4. The van der Waals surface area contributed by atoms with Crippen LogP contribution in [-0.2, 0) is 5.41 Å². The van der Waals surface area contributed by atoms with Crippen LogP contribution in [0.15, 0.2) is 59.7 Å². The molecule has 1 saturated carbocycles. The SMILES string of the molecule is O=C(NCC1(c2ccc(F)cc2)CCCC1)c1cnc2ccccn2c1=O. The summed E-state index contributed by atoms with van der Waals surface area (Å²) in [6, 6.07) is 11.7. The molecule has 0 radical (unpaired) electrons. The van der Waals surface area contributed by atoms with Crippen molar-refractivity contribution in [2.75, 3.05) is 6.54 Å². The van der Waals surface area contributed by atoms with Gasteiger partial charge < -0.3 is 5.32 Å². The minimum atomic E-state index is -0.431. The number of carbonyl (C=O) groups excluding carboxylic acids is 1. The van der Waals surface area contributed by atoms with E-state index in [0.29, 0.717) is 12.2 Å². The second-order valence-corrected chi connectivity index (χ2v) is 7.08. The zero-order chi connectivity index (χ0) is 18.9. The lowest BCUT2D eigenvalue weighted by atomic mass is 9.78. The summed E-state index contributed by atoms with van der Waals surface area (Å²) in [5.41, 5.74) is 0.933. The fraction of sp³-hybridized carbons (Fsp3) is 0.286. The van der Waals surface area contributed by atoms with E-state index >= 15 is 0 Å².